The number of aryl methyl sites for hydroxylation is 2. The van der Waals surface area contributed by atoms with E-state index in [2.05, 4.69) is 25.3 Å². The Morgan fingerprint density at radius 1 is 1.16 bits per heavy atom. The summed E-state index contributed by atoms with van der Waals surface area (Å²) in [6.45, 7) is 7.79. The van der Waals surface area contributed by atoms with Crippen LogP contribution in [0, 0.1) is 6.92 Å². The molecule has 0 bridgehead atoms. The predicted molar refractivity (Wildman–Crippen MR) is 141 cm³/mol. The Morgan fingerprint density at radius 2 is 1.95 bits per heavy atom. The second kappa shape index (κ2) is 14.9. The number of likely N-dealkylation sites (tertiary alicyclic amines) is 1. The van der Waals surface area contributed by atoms with Gasteiger partial charge in [0.2, 0.25) is 5.91 Å². The van der Waals surface area contributed by atoms with Crippen molar-refractivity contribution in [2.75, 3.05) is 57.8 Å². The molecule has 0 radical (unpaired) electrons. The number of alkyl halides is 3. The molecule has 1 amide bonds. The summed E-state index contributed by atoms with van der Waals surface area (Å²) in [5.41, 5.74) is 5.35. The highest BCUT2D eigenvalue weighted by Gasteiger charge is 2.37. The summed E-state index contributed by atoms with van der Waals surface area (Å²) in [6, 6.07) is 0. The number of nitrogens with one attached hydrogen (secondary N) is 1. The van der Waals surface area contributed by atoms with Crippen molar-refractivity contribution in [2.45, 2.75) is 58.2 Å². The van der Waals surface area contributed by atoms with Gasteiger partial charge in [-0.15, -0.1) is 0 Å². The third-order valence-electron chi connectivity index (χ3n) is 6.55. The number of ether oxygens (including phenoxy) is 1. The molecule has 2 aliphatic rings. The van der Waals surface area contributed by atoms with Crippen LogP contribution in [0.3, 0.4) is 0 Å². The Labute approximate surface area is 221 Å². The standard InChI is InChI=1S/C25H39F3N8O2/c1-20-22(18-36(33-20)12-6-9-34-13-15-38-16-14-34)31-17-21(25(26,27)28)24(32-19-29)30-8-5-11-35-10-4-2-3-7-23(35)37/h17-19,31H,2-16H2,1H3,(H2,29,30,32). The van der Waals surface area contributed by atoms with Gasteiger partial charge in [-0.3, -0.25) is 19.4 Å². The maximum atomic E-state index is 14.0. The van der Waals surface area contributed by atoms with Crippen LogP contribution in [0.1, 0.15) is 44.2 Å². The molecular weight excluding hydrogens is 501 g/mol. The predicted octanol–water partition coefficient (Wildman–Crippen LogP) is 2.95. The van der Waals surface area contributed by atoms with Crippen molar-refractivity contribution in [3.8, 4) is 0 Å². The SMILES string of the molecule is Cc1nn(CCCN2CCOCC2)cc1NC=C(C(N=CN)=NCCCN1CCCCCC1=O)C(F)(F)F. The lowest BCUT2D eigenvalue weighted by Crippen LogP contribution is -2.37. The molecule has 38 heavy (non-hydrogen) atoms. The molecule has 0 spiro atoms. The van der Waals surface area contributed by atoms with Crippen molar-refractivity contribution in [2.24, 2.45) is 15.7 Å². The molecule has 2 fully saturated rings. The molecule has 3 rings (SSSR count). The average molecular weight is 541 g/mol. The minimum atomic E-state index is -4.71. The molecule has 0 aromatic carbocycles. The van der Waals surface area contributed by atoms with Crippen molar-refractivity contribution in [1.82, 2.24) is 19.6 Å². The van der Waals surface area contributed by atoms with Crippen molar-refractivity contribution in [1.29, 1.82) is 0 Å². The van der Waals surface area contributed by atoms with E-state index in [-0.39, 0.29) is 12.5 Å². The second-order valence-electron chi connectivity index (χ2n) is 9.43. The molecule has 2 aliphatic heterocycles. The van der Waals surface area contributed by atoms with E-state index >= 15 is 0 Å². The zero-order valence-electron chi connectivity index (χ0n) is 22.0. The fourth-order valence-electron chi connectivity index (χ4n) is 4.47. The number of carbonyl (C=O) groups is 1. The van der Waals surface area contributed by atoms with Gasteiger partial charge in [0.25, 0.3) is 0 Å². The van der Waals surface area contributed by atoms with E-state index in [1.165, 1.54) is 0 Å². The normalized spacial score (nSPS) is 18.8. The minimum Gasteiger partial charge on any atom is -0.390 e. The second-order valence-corrected chi connectivity index (χ2v) is 9.43. The quantitative estimate of drug-likeness (QED) is 0.254. The number of aliphatic imine (C=N–C) groups is 2. The molecule has 13 heteroatoms. The maximum absolute atomic E-state index is 14.0. The largest absolute Gasteiger partial charge is 0.421 e. The summed E-state index contributed by atoms with van der Waals surface area (Å²) < 4.78 is 48.9. The number of aromatic nitrogens is 2. The number of carbonyl (C=O) groups excluding carboxylic acids is 1. The number of amides is 1. The van der Waals surface area contributed by atoms with Gasteiger partial charge >= 0.3 is 6.18 Å². The third-order valence-corrected chi connectivity index (χ3v) is 6.55. The van der Waals surface area contributed by atoms with Crippen molar-refractivity contribution < 1.29 is 22.7 Å². The lowest BCUT2D eigenvalue weighted by molar-refractivity contribution is -0.130. The summed E-state index contributed by atoms with van der Waals surface area (Å²) in [5.74, 6) is -0.422. The maximum Gasteiger partial charge on any atom is 0.421 e. The Balaban J connectivity index is 1.61. The van der Waals surface area contributed by atoms with Gasteiger partial charge in [-0.05, 0) is 32.6 Å². The Kier molecular flexibility index (Phi) is 11.6. The first-order chi connectivity index (χ1) is 18.3. The first-order valence-electron chi connectivity index (χ1n) is 13.2. The Hall–Kier alpha value is -2.93. The molecule has 0 saturated carbocycles. The number of nitrogens with two attached hydrogens (primary N) is 1. The van der Waals surface area contributed by atoms with Crippen LogP contribution in [0.15, 0.2) is 28.0 Å². The summed E-state index contributed by atoms with van der Waals surface area (Å²) in [7, 11) is 0. The Bertz CT molecular complexity index is 984. The monoisotopic (exact) mass is 540 g/mol. The third kappa shape index (κ3) is 9.43. The van der Waals surface area contributed by atoms with E-state index in [1.807, 2.05) is 0 Å². The highest BCUT2D eigenvalue weighted by Crippen LogP contribution is 2.28. The lowest BCUT2D eigenvalue weighted by atomic mass is 10.2. The number of hydrogen-bond donors (Lipinski definition) is 2. The van der Waals surface area contributed by atoms with Gasteiger partial charge in [0.1, 0.15) is 5.57 Å². The number of nitrogens with zero attached hydrogens (tertiary/aromatic N) is 6. The van der Waals surface area contributed by atoms with Gasteiger partial charge in [0, 0.05) is 64.6 Å². The van der Waals surface area contributed by atoms with Crippen LogP contribution < -0.4 is 11.1 Å². The molecule has 2 saturated heterocycles. The number of morpholine rings is 1. The minimum absolute atomic E-state index is 0.0868. The van der Waals surface area contributed by atoms with Crippen LogP contribution in [0.2, 0.25) is 0 Å². The summed E-state index contributed by atoms with van der Waals surface area (Å²) in [6.07, 6.45) is 3.29. The van der Waals surface area contributed by atoms with Gasteiger partial charge in [-0.1, -0.05) is 6.42 Å². The highest BCUT2D eigenvalue weighted by molar-refractivity contribution is 6.03. The molecule has 3 N–H and O–H groups in total. The molecule has 1 aromatic heterocycles. The number of halogens is 3. The summed E-state index contributed by atoms with van der Waals surface area (Å²) in [4.78, 5) is 24.0. The molecule has 0 aliphatic carbocycles. The van der Waals surface area contributed by atoms with E-state index in [9.17, 15) is 18.0 Å². The van der Waals surface area contributed by atoms with Gasteiger partial charge in [0.05, 0.1) is 30.9 Å². The fraction of sp³-hybridized carbons (Fsp3) is 0.680. The van der Waals surface area contributed by atoms with Crippen molar-refractivity contribution in [3.05, 3.63) is 23.7 Å². The Morgan fingerprint density at radius 3 is 2.68 bits per heavy atom. The van der Waals surface area contributed by atoms with Crippen LogP contribution in [-0.2, 0) is 16.1 Å². The first kappa shape index (κ1) is 29.6. The lowest BCUT2D eigenvalue weighted by Gasteiger charge is -2.26. The van der Waals surface area contributed by atoms with Crippen LogP contribution in [0.25, 0.3) is 0 Å². The van der Waals surface area contributed by atoms with E-state index in [0.29, 0.717) is 43.9 Å². The molecule has 3 heterocycles. The molecular formula is C25H39F3N8O2. The zero-order chi connectivity index (χ0) is 27.4. The van der Waals surface area contributed by atoms with Crippen molar-refractivity contribution in [3.63, 3.8) is 0 Å². The van der Waals surface area contributed by atoms with Gasteiger partial charge in [-0.25, -0.2) is 4.99 Å². The summed E-state index contributed by atoms with van der Waals surface area (Å²) in [5, 5.41) is 7.15. The van der Waals surface area contributed by atoms with Crippen LogP contribution in [0.4, 0.5) is 18.9 Å². The smallest absolute Gasteiger partial charge is 0.390 e. The number of amidine groups is 1. The molecule has 212 valence electrons. The topological polar surface area (TPSA) is 113 Å². The van der Waals surface area contributed by atoms with Crippen molar-refractivity contribution >= 4 is 23.8 Å². The van der Waals surface area contributed by atoms with Crippen LogP contribution in [-0.4, -0.2) is 96.3 Å². The number of rotatable bonds is 11. The summed E-state index contributed by atoms with van der Waals surface area (Å²) >= 11 is 0. The van der Waals surface area contributed by atoms with Gasteiger partial charge in [-0.2, -0.15) is 18.3 Å². The zero-order valence-corrected chi connectivity index (χ0v) is 22.0. The fourth-order valence-corrected chi connectivity index (χ4v) is 4.47. The van der Waals surface area contributed by atoms with E-state index in [1.54, 1.807) is 22.7 Å². The highest BCUT2D eigenvalue weighted by atomic mass is 19.4. The number of anilines is 1. The average Bonchev–Trinajstić information content (AvgIpc) is 3.09. The first-order valence-corrected chi connectivity index (χ1v) is 13.2. The molecule has 1 aromatic rings. The van der Waals surface area contributed by atoms with E-state index in [0.717, 1.165) is 71.1 Å². The van der Waals surface area contributed by atoms with Gasteiger partial charge in [0.15, 0.2) is 5.84 Å². The molecule has 0 atom stereocenters. The van der Waals surface area contributed by atoms with E-state index < -0.39 is 17.6 Å². The van der Waals surface area contributed by atoms with Crippen LogP contribution in [0.5, 0.6) is 0 Å². The molecule has 10 nitrogen and oxygen atoms in total. The molecule has 0 unspecified atom stereocenters. The van der Waals surface area contributed by atoms with Gasteiger partial charge < -0.3 is 20.7 Å². The van der Waals surface area contributed by atoms with Crippen LogP contribution >= 0.6 is 0 Å². The number of hydrogen-bond acceptors (Lipinski definition) is 6. The van der Waals surface area contributed by atoms with E-state index in [4.69, 9.17) is 10.5 Å².